The van der Waals surface area contributed by atoms with Crippen molar-refractivity contribution < 1.29 is 24.3 Å². The number of nitrogens with one attached hydrogen (secondary N) is 4. The van der Waals surface area contributed by atoms with Crippen LogP contribution < -0.4 is 21.7 Å². The molecule has 4 atom stereocenters. The molecule has 0 aliphatic heterocycles. The maximum Gasteiger partial charge on any atom is 0.327 e. The number of carboxylic acids is 1. The van der Waals surface area contributed by atoms with Crippen LogP contribution in [0.15, 0.2) is 12.5 Å². The lowest BCUT2D eigenvalue weighted by Crippen LogP contribution is -2.59. The minimum Gasteiger partial charge on any atom is -0.480 e. The number of hydrogen-bond donors (Lipinski definition) is 8. The van der Waals surface area contributed by atoms with E-state index < -0.39 is 47.9 Å². The molecule has 3 amide bonds. The summed E-state index contributed by atoms with van der Waals surface area (Å²) in [6.45, 7) is 3.39. The van der Waals surface area contributed by atoms with Gasteiger partial charge in [0.15, 0.2) is 0 Å². The number of nitrogens with two attached hydrogens (primary N) is 1. The summed E-state index contributed by atoms with van der Waals surface area (Å²) in [4.78, 5) is 55.5. The Morgan fingerprint density at radius 3 is 2.17 bits per heavy atom. The van der Waals surface area contributed by atoms with Gasteiger partial charge in [-0.3, -0.25) is 14.4 Å². The molecule has 0 fully saturated rings. The van der Waals surface area contributed by atoms with Gasteiger partial charge in [-0.15, -0.1) is 0 Å². The lowest BCUT2D eigenvalue weighted by atomic mass is 10.0. The molecule has 0 aromatic carbocycles. The Morgan fingerprint density at radius 1 is 1.07 bits per heavy atom. The largest absolute Gasteiger partial charge is 0.480 e. The SMILES string of the molecule is CC(C)C(NC(=O)C(Cc1cnc[nH]1)NC(=O)C(N)CS)C(=O)NC(CS)C(=O)O. The fraction of sp³-hybridized carbons (Fsp3) is 0.588. The van der Waals surface area contributed by atoms with Gasteiger partial charge in [0.1, 0.15) is 18.1 Å². The number of H-pyrrole nitrogens is 1. The molecule has 11 nitrogen and oxygen atoms in total. The Kier molecular flexibility index (Phi) is 10.7. The number of carboxylic acid groups (broad SMARTS) is 1. The van der Waals surface area contributed by atoms with E-state index >= 15 is 0 Å². The molecule has 0 bridgehead atoms. The van der Waals surface area contributed by atoms with Crippen LogP contribution in [0.2, 0.25) is 0 Å². The molecule has 30 heavy (non-hydrogen) atoms. The average Bonchev–Trinajstić information content (AvgIpc) is 3.21. The first-order valence-electron chi connectivity index (χ1n) is 9.19. The molecular weight excluding hydrogens is 432 g/mol. The van der Waals surface area contributed by atoms with Gasteiger partial charge in [0.25, 0.3) is 0 Å². The maximum atomic E-state index is 12.9. The molecule has 0 aliphatic rings. The van der Waals surface area contributed by atoms with Gasteiger partial charge in [-0.1, -0.05) is 13.8 Å². The quantitative estimate of drug-likeness (QED) is 0.172. The molecule has 0 saturated heterocycles. The van der Waals surface area contributed by atoms with E-state index in [9.17, 15) is 19.2 Å². The number of rotatable bonds is 12. The zero-order chi connectivity index (χ0) is 22.8. The second-order valence-corrected chi connectivity index (χ2v) is 7.67. The third-order valence-corrected chi connectivity index (χ3v) is 4.95. The van der Waals surface area contributed by atoms with Crippen molar-refractivity contribution in [1.29, 1.82) is 0 Å². The minimum atomic E-state index is -1.24. The van der Waals surface area contributed by atoms with Gasteiger partial charge in [0.2, 0.25) is 17.7 Å². The van der Waals surface area contributed by atoms with Crippen LogP contribution in [0, 0.1) is 5.92 Å². The molecule has 1 aromatic rings. The van der Waals surface area contributed by atoms with Crippen molar-refractivity contribution in [2.45, 2.75) is 44.4 Å². The van der Waals surface area contributed by atoms with Crippen LogP contribution in [-0.4, -0.2) is 74.4 Å². The Labute approximate surface area is 185 Å². The summed E-state index contributed by atoms with van der Waals surface area (Å²) in [5, 5.41) is 16.6. The van der Waals surface area contributed by atoms with Crippen molar-refractivity contribution in [1.82, 2.24) is 25.9 Å². The van der Waals surface area contributed by atoms with E-state index in [0.29, 0.717) is 5.69 Å². The van der Waals surface area contributed by atoms with Crippen molar-refractivity contribution in [2.75, 3.05) is 11.5 Å². The Morgan fingerprint density at radius 2 is 1.70 bits per heavy atom. The monoisotopic (exact) mass is 460 g/mol. The summed E-state index contributed by atoms with van der Waals surface area (Å²) in [6.07, 6.45) is 3.01. The highest BCUT2D eigenvalue weighted by Crippen LogP contribution is 2.06. The van der Waals surface area contributed by atoms with Crippen LogP contribution in [0.4, 0.5) is 0 Å². The Bertz CT molecular complexity index is 730. The third-order valence-electron chi connectivity index (χ3n) is 4.19. The average molecular weight is 461 g/mol. The molecule has 1 aromatic heterocycles. The summed E-state index contributed by atoms with van der Waals surface area (Å²) in [5.41, 5.74) is 6.25. The van der Waals surface area contributed by atoms with E-state index in [1.54, 1.807) is 13.8 Å². The van der Waals surface area contributed by atoms with E-state index in [-0.39, 0.29) is 23.8 Å². The molecule has 168 valence electrons. The lowest BCUT2D eigenvalue weighted by molar-refractivity contribution is -0.142. The number of nitrogens with zero attached hydrogens (tertiary/aromatic N) is 1. The number of carbonyl (C=O) groups is 4. The van der Waals surface area contributed by atoms with Crippen LogP contribution in [0.25, 0.3) is 0 Å². The number of hydrogen-bond acceptors (Lipinski definition) is 8. The highest BCUT2D eigenvalue weighted by Gasteiger charge is 2.31. The maximum absolute atomic E-state index is 12.9. The van der Waals surface area contributed by atoms with E-state index in [1.807, 2.05) is 0 Å². The summed E-state index contributed by atoms with van der Waals surface area (Å²) >= 11 is 7.88. The van der Waals surface area contributed by atoms with E-state index in [1.165, 1.54) is 12.5 Å². The first-order chi connectivity index (χ1) is 14.1. The highest BCUT2D eigenvalue weighted by atomic mass is 32.1. The zero-order valence-electron chi connectivity index (χ0n) is 16.7. The van der Waals surface area contributed by atoms with Crippen molar-refractivity contribution in [3.8, 4) is 0 Å². The third kappa shape index (κ3) is 7.88. The van der Waals surface area contributed by atoms with E-state index in [2.05, 4.69) is 51.2 Å². The number of aromatic nitrogens is 2. The molecule has 0 spiro atoms. The predicted octanol–water partition coefficient (Wildman–Crippen LogP) is -1.67. The number of thiol groups is 2. The number of aromatic amines is 1. The minimum absolute atomic E-state index is 0.0810. The van der Waals surface area contributed by atoms with E-state index in [0.717, 1.165) is 0 Å². The number of aliphatic carboxylic acids is 1. The molecule has 4 unspecified atom stereocenters. The van der Waals surface area contributed by atoms with Crippen molar-refractivity contribution >= 4 is 48.9 Å². The highest BCUT2D eigenvalue weighted by molar-refractivity contribution is 7.80. The fourth-order valence-corrected chi connectivity index (χ4v) is 2.84. The molecule has 13 heteroatoms. The summed E-state index contributed by atoms with van der Waals surface area (Å²) in [6, 6.07) is -4.19. The Balaban J connectivity index is 2.97. The summed E-state index contributed by atoms with van der Waals surface area (Å²) < 4.78 is 0. The van der Waals surface area contributed by atoms with Crippen LogP contribution in [0.3, 0.4) is 0 Å². The molecular formula is C17H28N6O5S2. The van der Waals surface area contributed by atoms with Crippen molar-refractivity contribution in [2.24, 2.45) is 11.7 Å². The van der Waals surface area contributed by atoms with Gasteiger partial charge in [0, 0.05) is 29.8 Å². The molecule has 0 radical (unpaired) electrons. The van der Waals surface area contributed by atoms with Gasteiger partial charge in [-0.2, -0.15) is 25.3 Å². The van der Waals surface area contributed by atoms with Crippen LogP contribution in [0.5, 0.6) is 0 Å². The van der Waals surface area contributed by atoms with Gasteiger partial charge in [-0.05, 0) is 5.92 Å². The number of carbonyl (C=O) groups excluding carboxylic acids is 3. The summed E-state index contributed by atoms with van der Waals surface area (Å²) in [5.74, 6) is -3.49. The number of amides is 3. The summed E-state index contributed by atoms with van der Waals surface area (Å²) in [7, 11) is 0. The molecule has 7 N–H and O–H groups in total. The standard InChI is InChI=1S/C17H28N6O5S2/c1-8(2)13(16(26)22-12(6-30)17(27)28)23-15(25)11(3-9-4-19-7-20-9)21-14(24)10(18)5-29/h4,7-8,10-13,29-30H,3,5-6,18H2,1-2H3,(H,19,20)(H,21,24)(H,22,26)(H,23,25)(H,27,28). The van der Waals surface area contributed by atoms with Gasteiger partial charge in [-0.25, -0.2) is 9.78 Å². The first kappa shape index (κ1) is 25.8. The van der Waals surface area contributed by atoms with Crippen molar-refractivity contribution in [3.63, 3.8) is 0 Å². The Hall–Kier alpha value is -2.25. The van der Waals surface area contributed by atoms with Gasteiger partial charge < -0.3 is 31.8 Å². The molecule has 0 aliphatic carbocycles. The van der Waals surface area contributed by atoms with E-state index in [4.69, 9.17) is 10.8 Å². The first-order valence-corrected chi connectivity index (χ1v) is 10.5. The van der Waals surface area contributed by atoms with Gasteiger partial charge >= 0.3 is 5.97 Å². The second-order valence-electron chi connectivity index (χ2n) is 6.94. The van der Waals surface area contributed by atoms with Crippen LogP contribution >= 0.6 is 25.3 Å². The molecule has 1 heterocycles. The fourth-order valence-electron chi connectivity index (χ4n) is 2.42. The zero-order valence-corrected chi connectivity index (χ0v) is 18.5. The lowest BCUT2D eigenvalue weighted by Gasteiger charge is -2.26. The topological polar surface area (TPSA) is 179 Å². The predicted molar refractivity (Wildman–Crippen MR) is 116 cm³/mol. The molecule has 0 saturated carbocycles. The van der Waals surface area contributed by atoms with Crippen molar-refractivity contribution in [3.05, 3.63) is 18.2 Å². The second kappa shape index (κ2) is 12.4. The smallest absolute Gasteiger partial charge is 0.327 e. The number of imidazole rings is 1. The van der Waals surface area contributed by atoms with Gasteiger partial charge in [0.05, 0.1) is 12.4 Å². The van der Waals surface area contributed by atoms with Crippen LogP contribution in [0.1, 0.15) is 19.5 Å². The van der Waals surface area contributed by atoms with Crippen LogP contribution in [-0.2, 0) is 25.6 Å². The molecule has 1 rings (SSSR count). The normalized spacial score (nSPS) is 15.0.